The molecule has 0 saturated heterocycles. The van der Waals surface area contributed by atoms with Crippen molar-refractivity contribution in [1.82, 2.24) is 4.90 Å². The zero-order valence-electron chi connectivity index (χ0n) is 15.0. The van der Waals surface area contributed by atoms with E-state index in [-0.39, 0.29) is 5.56 Å². The molecule has 1 aliphatic rings. The molecule has 0 bridgehead atoms. The largest absolute Gasteiger partial charge is 0.493 e. The fourth-order valence-electron chi connectivity index (χ4n) is 3.27. The molecule has 136 valence electrons. The second-order valence-corrected chi connectivity index (χ2v) is 6.20. The maximum Gasteiger partial charge on any atom is 0.161 e. The molecule has 0 unspecified atom stereocenters. The van der Waals surface area contributed by atoms with Crippen molar-refractivity contribution in [2.75, 3.05) is 39.2 Å². The highest BCUT2D eigenvalue weighted by Crippen LogP contribution is 2.33. The number of methoxy groups -OCH3 is 2. The zero-order chi connectivity index (χ0) is 18.5. The molecule has 0 aliphatic carbocycles. The Morgan fingerprint density at radius 2 is 1.92 bits per heavy atom. The lowest BCUT2D eigenvalue weighted by Gasteiger charge is -2.29. The minimum Gasteiger partial charge on any atom is -0.493 e. The summed E-state index contributed by atoms with van der Waals surface area (Å²) in [6, 6.07) is 10.6. The molecule has 1 aliphatic heterocycles. The molecule has 0 amide bonds. The van der Waals surface area contributed by atoms with Crippen molar-refractivity contribution >= 4 is 5.69 Å². The Labute approximate surface area is 152 Å². The standard InChI is InChI=1S/C20H22FN3O2/c1-25-19-10-14-6-8-24(13-15(14)11-20(19)26-2)9-7-23-18-5-3-4-17(21)16(18)12-22/h3-5,10-11,23H,6-9,13H2,1-2H3. The Bertz CT molecular complexity index is 833. The Morgan fingerprint density at radius 1 is 1.19 bits per heavy atom. The molecule has 0 atom stereocenters. The van der Waals surface area contributed by atoms with Crippen molar-refractivity contribution in [3.8, 4) is 17.6 Å². The molecule has 26 heavy (non-hydrogen) atoms. The van der Waals surface area contributed by atoms with Gasteiger partial charge in [-0.2, -0.15) is 5.26 Å². The number of nitrogens with one attached hydrogen (secondary N) is 1. The maximum atomic E-state index is 13.6. The van der Waals surface area contributed by atoms with Gasteiger partial charge in [0.1, 0.15) is 17.4 Å². The fraction of sp³-hybridized carbons (Fsp3) is 0.350. The first-order valence-electron chi connectivity index (χ1n) is 8.55. The van der Waals surface area contributed by atoms with Gasteiger partial charge >= 0.3 is 0 Å². The van der Waals surface area contributed by atoms with Gasteiger partial charge in [0.05, 0.1) is 19.9 Å². The fourth-order valence-corrected chi connectivity index (χ4v) is 3.27. The minimum absolute atomic E-state index is 0.0633. The van der Waals surface area contributed by atoms with Gasteiger partial charge in [-0.15, -0.1) is 0 Å². The van der Waals surface area contributed by atoms with Crippen LogP contribution in [0.2, 0.25) is 0 Å². The summed E-state index contributed by atoms with van der Waals surface area (Å²) < 4.78 is 24.4. The van der Waals surface area contributed by atoms with Gasteiger partial charge in [-0.1, -0.05) is 6.07 Å². The minimum atomic E-state index is -0.495. The van der Waals surface area contributed by atoms with Crippen LogP contribution in [0.4, 0.5) is 10.1 Å². The third-order valence-corrected chi connectivity index (χ3v) is 4.67. The summed E-state index contributed by atoms with van der Waals surface area (Å²) in [4.78, 5) is 2.33. The molecule has 5 nitrogen and oxygen atoms in total. The highest BCUT2D eigenvalue weighted by atomic mass is 19.1. The van der Waals surface area contributed by atoms with Gasteiger partial charge in [-0.25, -0.2) is 4.39 Å². The van der Waals surface area contributed by atoms with Crippen molar-refractivity contribution < 1.29 is 13.9 Å². The van der Waals surface area contributed by atoms with E-state index in [1.54, 1.807) is 26.4 Å². The second-order valence-electron chi connectivity index (χ2n) is 6.20. The van der Waals surface area contributed by atoms with Crippen molar-refractivity contribution in [1.29, 1.82) is 5.26 Å². The van der Waals surface area contributed by atoms with Crippen LogP contribution in [0.1, 0.15) is 16.7 Å². The number of benzene rings is 2. The van der Waals surface area contributed by atoms with Gasteiger partial charge in [-0.05, 0) is 41.8 Å². The maximum absolute atomic E-state index is 13.6. The predicted molar refractivity (Wildman–Crippen MR) is 98.1 cm³/mol. The van der Waals surface area contributed by atoms with E-state index in [1.807, 2.05) is 12.1 Å². The van der Waals surface area contributed by atoms with Crippen molar-refractivity contribution in [2.24, 2.45) is 0 Å². The van der Waals surface area contributed by atoms with Gasteiger partial charge in [0.25, 0.3) is 0 Å². The third kappa shape index (κ3) is 3.73. The summed E-state index contributed by atoms with van der Waals surface area (Å²) in [5, 5.41) is 12.3. The molecular weight excluding hydrogens is 333 g/mol. The molecule has 1 heterocycles. The Kier molecular flexibility index (Phi) is 5.59. The van der Waals surface area contributed by atoms with E-state index in [9.17, 15) is 4.39 Å². The van der Waals surface area contributed by atoms with Crippen LogP contribution in [0.5, 0.6) is 11.5 Å². The number of hydrogen-bond acceptors (Lipinski definition) is 5. The van der Waals surface area contributed by atoms with Crippen LogP contribution < -0.4 is 14.8 Å². The summed E-state index contributed by atoms with van der Waals surface area (Å²) in [6.45, 7) is 3.21. The molecule has 2 aromatic carbocycles. The average Bonchev–Trinajstić information content (AvgIpc) is 2.67. The number of ether oxygens (including phenoxy) is 2. The van der Waals surface area contributed by atoms with Crippen molar-refractivity contribution in [3.63, 3.8) is 0 Å². The molecule has 0 fully saturated rings. The van der Waals surface area contributed by atoms with Crippen LogP contribution in [-0.4, -0.2) is 38.8 Å². The lowest BCUT2D eigenvalue weighted by atomic mass is 9.99. The number of nitriles is 1. The predicted octanol–water partition coefficient (Wildman–Crippen LogP) is 3.18. The molecule has 1 N–H and O–H groups in total. The van der Waals surface area contributed by atoms with E-state index in [1.165, 1.54) is 17.2 Å². The first kappa shape index (κ1) is 18.0. The van der Waals surface area contributed by atoms with Crippen LogP contribution in [-0.2, 0) is 13.0 Å². The Hall–Kier alpha value is -2.78. The average molecular weight is 355 g/mol. The molecule has 3 rings (SSSR count). The van der Waals surface area contributed by atoms with Gasteiger partial charge < -0.3 is 14.8 Å². The second kappa shape index (κ2) is 8.07. The van der Waals surface area contributed by atoms with Gasteiger partial charge in [0, 0.05) is 26.2 Å². The number of halogens is 1. The normalized spacial score (nSPS) is 13.6. The van der Waals surface area contributed by atoms with Crippen LogP contribution in [0, 0.1) is 17.1 Å². The molecular formula is C20H22FN3O2. The number of nitrogens with zero attached hydrogens (tertiary/aromatic N) is 2. The van der Waals surface area contributed by atoms with Gasteiger partial charge in [-0.3, -0.25) is 4.90 Å². The lowest BCUT2D eigenvalue weighted by Crippen LogP contribution is -2.34. The van der Waals surface area contributed by atoms with E-state index in [0.29, 0.717) is 12.2 Å². The third-order valence-electron chi connectivity index (χ3n) is 4.67. The van der Waals surface area contributed by atoms with E-state index in [4.69, 9.17) is 14.7 Å². The quantitative estimate of drug-likeness (QED) is 0.862. The van der Waals surface area contributed by atoms with Crippen LogP contribution >= 0.6 is 0 Å². The Balaban J connectivity index is 1.62. The van der Waals surface area contributed by atoms with Gasteiger partial charge in [0.2, 0.25) is 0 Å². The summed E-state index contributed by atoms with van der Waals surface area (Å²) in [7, 11) is 3.29. The van der Waals surface area contributed by atoms with E-state index >= 15 is 0 Å². The first-order valence-corrected chi connectivity index (χ1v) is 8.55. The smallest absolute Gasteiger partial charge is 0.161 e. The van der Waals surface area contributed by atoms with Crippen molar-refractivity contribution in [3.05, 3.63) is 52.8 Å². The Morgan fingerprint density at radius 3 is 2.62 bits per heavy atom. The summed E-state index contributed by atoms with van der Waals surface area (Å²) in [6.07, 6.45) is 0.944. The van der Waals surface area contributed by atoms with E-state index in [0.717, 1.165) is 37.6 Å². The van der Waals surface area contributed by atoms with E-state index < -0.39 is 5.82 Å². The van der Waals surface area contributed by atoms with Crippen LogP contribution in [0.3, 0.4) is 0 Å². The number of rotatable bonds is 6. The molecule has 0 radical (unpaired) electrons. The first-order chi connectivity index (χ1) is 12.7. The number of hydrogen-bond donors (Lipinski definition) is 1. The number of anilines is 1. The number of fused-ring (bicyclic) bond motifs is 1. The van der Waals surface area contributed by atoms with Crippen LogP contribution in [0.25, 0.3) is 0 Å². The highest BCUT2D eigenvalue weighted by molar-refractivity contribution is 5.57. The molecule has 0 spiro atoms. The topological polar surface area (TPSA) is 57.5 Å². The lowest BCUT2D eigenvalue weighted by molar-refractivity contribution is 0.262. The highest BCUT2D eigenvalue weighted by Gasteiger charge is 2.19. The summed E-state index contributed by atoms with van der Waals surface area (Å²) in [5.74, 6) is 1.01. The SMILES string of the molecule is COc1cc2c(cc1OC)CN(CCNc1cccc(F)c1C#N)CC2. The van der Waals surface area contributed by atoms with Crippen LogP contribution in [0.15, 0.2) is 30.3 Å². The molecule has 6 heteroatoms. The monoisotopic (exact) mass is 355 g/mol. The summed E-state index contributed by atoms with van der Waals surface area (Å²) in [5.41, 5.74) is 3.12. The molecule has 0 saturated carbocycles. The van der Waals surface area contributed by atoms with E-state index in [2.05, 4.69) is 16.3 Å². The molecule has 0 aromatic heterocycles. The molecule has 2 aromatic rings. The van der Waals surface area contributed by atoms with Crippen molar-refractivity contribution in [2.45, 2.75) is 13.0 Å². The zero-order valence-corrected chi connectivity index (χ0v) is 15.0. The van der Waals surface area contributed by atoms with Gasteiger partial charge in [0.15, 0.2) is 11.5 Å². The summed E-state index contributed by atoms with van der Waals surface area (Å²) >= 11 is 0.